The maximum atomic E-state index is 12.8. The van der Waals surface area contributed by atoms with Gasteiger partial charge in [-0.2, -0.15) is 0 Å². The number of nitrogens with zero attached hydrogens (tertiary/aromatic N) is 2. The van der Waals surface area contributed by atoms with E-state index in [0.717, 1.165) is 15.3 Å². The summed E-state index contributed by atoms with van der Waals surface area (Å²) in [5, 5.41) is 0.938. The van der Waals surface area contributed by atoms with E-state index in [1.54, 1.807) is 10.6 Å². The molecule has 116 valence electrons. The number of hydrogen-bond acceptors (Lipinski definition) is 6. The van der Waals surface area contributed by atoms with E-state index in [1.807, 2.05) is 13.8 Å². The third kappa shape index (κ3) is 2.48. The number of hydrogen-bond donors (Lipinski definition) is 0. The van der Waals surface area contributed by atoms with E-state index in [9.17, 15) is 9.59 Å². The Morgan fingerprint density at radius 2 is 2.27 bits per heavy atom. The fraction of sp³-hybridized carbons (Fsp3) is 0.400. The molecule has 0 spiro atoms. The van der Waals surface area contributed by atoms with Crippen LogP contribution in [0.4, 0.5) is 0 Å². The van der Waals surface area contributed by atoms with Crippen molar-refractivity contribution in [1.29, 1.82) is 0 Å². The lowest BCUT2D eigenvalue weighted by Crippen LogP contribution is -2.24. The number of thioether (sulfide) groups is 1. The van der Waals surface area contributed by atoms with Gasteiger partial charge in [-0.1, -0.05) is 17.8 Å². The maximum absolute atomic E-state index is 12.8. The predicted molar refractivity (Wildman–Crippen MR) is 88.8 cm³/mol. The average Bonchev–Trinajstić information content (AvgIpc) is 2.99. The summed E-state index contributed by atoms with van der Waals surface area (Å²) < 4.78 is 6.57. The summed E-state index contributed by atoms with van der Waals surface area (Å²) >= 11 is 2.82. The van der Waals surface area contributed by atoms with Gasteiger partial charge < -0.3 is 4.74 Å². The number of aryl methyl sites for hydroxylation is 2. The fourth-order valence-electron chi connectivity index (χ4n) is 2.40. The lowest BCUT2D eigenvalue weighted by atomic mass is 10.2. The number of cyclic esters (lactones) is 1. The van der Waals surface area contributed by atoms with Gasteiger partial charge in [0.05, 0.1) is 12.0 Å². The van der Waals surface area contributed by atoms with Crippen LogP contribution in [0.15, 0.2) is 22.6 Å². The fourth-order valence-corrected chi connectivity index (χ4v) is 4.54. The van der Waals surface area contributed by atoms with Crippen LogP contribution in [0, 0.1) is 13.8 Å². The van der Waals surface area contributed by atoms with Gasteiger partial charge in [-0.3, -0.25) is 14.2 Å². The van der Waals surface area contributed by atoms with Gasteiger partial charge in [0.1, 0.15) is 10.1 Å². The summed E-state index contributed by atoms with van der Waals surface area (Å²) in [5.41, 5.74) is 0.910. The van der Waals surface area contributed by atoms with Crippen LogP contribution < -0.4 is 5.56 Å². The molecule has 0 amide bonds. The quantitative estimate of drug-likeness (QED) is 0.488. The minimum absolute atomic E-state index is 0.0689. The van der Waals surface area contributed by atoms with Crippen LogP contribution in [-0.4, -0.2) is 27.4 Å². The second-order valence-electron chi connectivity index (χ2n) is 5.12. The number of allylic oxidation sites excluding steroid dienone is 1. The van der Waals surface area contributed by atoms with E-state index in [0.29, 0.717) is 30.1 Å². The zero-order chi connectivity index (χ0) is 15.9. The summed E-state index contributed by atoms with van der Waals surface area (Å²) in [6, 6.07) is 0. The largest absolute Gasteiger partial charge is 0.465 e. The summed E-state index contributed by atoms with van der Waals surface area (Å²) in [6.07, 6.45) is 2.31. The molecular weight excluding hydrogens is 320 g/mol. The van der Waals surface area contributed by atoms with Gasteiger partial charge >= 0.3 is 5.97 Å². The minimum Gasteiger partial charge on any atom is -0.465 e. The Morgan fingerprint density at radius 1 is 1.50 bits per heavy atom. The number of thiophene rings is 1. The van der Waals surface area contributed by atoms with Crippen molar-refractivity contribution >= 4 is 39.3 Å². The van der Waals surface area contributed by atoms with Gasteiger partial charge in [0, 0.05) is 17.8 Å². The lowest BCUT2D eigenvalue weighted by Gasteiger charge is -2.12. The molecule has 5 nitrogen and oxygen atoms in total. The molecule has 1 unspecified atom stereocenters. The van der Waals surface area contributed by atoms with Crippen LogP contribution in [0.1, 0.15) is 16.9 Å². The first kappa shape index (κ1) is 15.3. The van der Waals surface area contributed by atoms with Crippen molar-refractivity contribution in [3.63, 3.8) is 0 Å². The van der Waals surface area contributed by atoms with Crippen molar-refractivity contribution < 1.29 is 9.53 Å². The standard InChI is InChI=1S/C15H16N2O3S2/c1-4-6-17-13(18)11-8(2)9(3)21-12(11)16-15(17)22-10-5-7-20-14(10)19/h4,10H,1,5-7H2,2-3H3. The molecule has 1 aliphatic rings. The molecule has 0 bridgehead atoms. The second-order valence-corrected chi connectivity index (χ2v) is 7.50. The second kappa shape index (κ2) is 5.89. The number of rotatable bonds is 4. The van der Waals surface area contributed by atoms with Crippen molar-refractivity contribution in [3.05, 3.63) is 33.4 Å². The molecule has 0 aliphatic carbocycles. The van der Waals surface area contributed by atoms with Crippen LogP contribution in [0.5, 0.6) is 0 Å². The van der Waals surface area contributed by atoms with E-state index in [2.05, 4.69) is 11.6 Å². The van der Waals surface area contributed by atoms with Gasteiger partial charge in [0.25, 0.3) is 5.56 Å². The predicted octanol–water partition coefficient (Wildman–Crippen LogP) is 2.67. The van der Waals surface area contributed by atoms with Crippen LogP contribution in [-0.2, 0) is 16.1 Å². The van der Waals surface area contributed by atoms with Crippen molar-refractivity contribution in [2.24, 2.45) is 0 Å². The van der Waals surface area contributed by atoms with Gasteiger partial charge in [-0.15, -0.1) is 17.9 Å². The number of esters is 1. The maximum Gasteiger partial charge on any atom is 0.319 e. The Morgan fingerprint density at radius 3 is 2.91 bits per heavy atom. The minimum atomic E-state index is -0.289. The molecule has 1 saturated heterocycles. The molecule has 0 radical (unpaired) electrons. The molecule has 3 heterocycles. The molecule has 1 atom stereocenters. The first-order valence-electron chi connectivity index (χ1n) is 6.97. The van der Waals surface area contributed by atoms with Crippen LogP contribution in [0.3, 0.4) is 0 Å². The van der Waals surface area contributed by atoms with Crippen LogP contribution >= 0.6 is 23.1 Å². The van der Waals surface area contributed by atoms with Crippen molar-refractivity contribution in [1.82, 2.24) is 9.55 Å². The molecule has 0 saturated carbocycles. The van der Waals surface area contributed by atoms with Crippen molar-refractivity contribution in [2.75, 3.05) is 6.61 Å². The highest BCUT2D eigenvalue weighted by atomic mass is 32.2. The monoisotopic (exact) mass is 336 g/mol. The van der Waals surface area contributed by atoms with E-state index >= 15 is 0 Å². The van der Waals surface area contributed by atoms with Crippen molar-refractivity contribution in [3.8, 4) is 0 Å². The first-order valence-corrected chi connectivity index (χ1v) is 8.67. The molecule has 0 aromatic carbocycles. The van der Waals surface area contributed by atoms with Gasteiger partial charge in [0.2, 0.25) is 0 Å². The molecule has 2 aromatic heterocycles. The van der Waals surface area contributed by atoms with E-state index in [4.69, 9.17) is 4.74 Å². The summed E-state index contributed by atoms with van der Waals surface area (Å²) in [4.78, 5) is 30.9. The summed E-state index contributed by atoms with van der Waals surface area (Å²) in [7, 11) is 0. The summed E-state index contributed by atoms with van der Waals surface area (Å²) in [6.45, 7) is 8.44. The van der Waals surface area contributed by atoms with E-state index < -0.39 is 0 Å². The Labute approximate surface area is 136 Å². The number of carbonyl (C=O) groups excluding carboxylic acids is 1. The Balaban J connectivity index is 2.15. The molecule has 3 rings (SSSR count). The highest BCUT2D eigenvalue weighted by Crippen LogP contribution is 2.32. The van der Waals surface area contributed by atoms with Crippen LogP contribution in [0.2, 0.25) is 0 Å². The summed E-state index contributed by atoms with van der Waals surface area (Å²) in [5.74, 6) is -0.233. The lowest BCUT2D eigenvalue weighted by molar-refractivity contribution is -0.137. The molecular formula is C15H16N2O3S2. The van der Waals surface area contributed by atoms with Crippen molar-refractivity contribution in [2.45, 2.75) is 37.2 Å². The highest BCUT2D eigenvalue weighted by Gasteiger charge is 2.29. The third-order valence-electron chi connectivity index (χ3n) is 3.70. The van der Waals surface area contributed by atoms with E-state index in [-0.39, 0.29) is 16.8 Å². The molecule has 22 heavy (non-hydrogen) atoms. The SMILES string of the molecule is C=CCn1c(SC2CCOC2=O)nc2sc(C)c(C)c2c1=O. The van der Waals surface area contributed by atoms with E-state index in [1.165, 1.54) is 23.1 Å². The zero-order valence-corrected chi connectivity index (χ0v) is 14.1. The smallest absolute Gasteiger partial charge is 0.319 e. The number of fused-ring (bicyclic) bond motifs is 1. The van der Waals surface area contributed by atoms with Crippen LogP contribution in [0.25, 0.3) is 10.2 Å². The molecule has 1 fully saturated rings. The highest BCUT2D eigenvalue weighted by molar-refractivity contribution is 8.00. The molecule has 1 aliphatic heterocycles. The number of carbonyl (C=O) groups is 1. The molecule has 7 heteroatoms. The van der Waals surface area contributed by atoms with Gasteiger partial charge in [-0.25, -0.2) is 4.98 Å². The van der Waals surface area contributed by atoms with Gasteiger partial charge in [-0.05, 0) is 19.4 Å². The first-order chi connectivity index (χ1) is 10.5. The Hall–Kier alpha value is -1.60. The average molecular weight is 336 g/mol. The molecule has 2 aromatic rings. The number of aromatic nitrogens is 2. The normalized spacial score (nSPS) is 17.9. The Kier molecular flexibility index (Phi) is 4.10. The van der Waals surface area contributed by atoms with Gasteiger partial charge in [0.15, 0.2) is 5.16 Å². The zero-order valence-electron chi connectivity index (χ0n) is 12.4. The molecule has 0 N–H and O–H groups in total. The third-order valence-corrected chi connectivity index (χ3v) is 6.04. The topological polar surface area (TPSA) is 61.2 Å². The Bertz CT molecular complexity index is 822. The number of ether oxygens (including phenoxy) is 1.